The molecule has 0 bridgehead atoms. The van der Waals surface area contributed by atoms with Gasteiger partial charge in [0.25, 0.3) is 0 Å². The zero-order valence-electron chi connectivity index (χ0n) is 8.83. The third kappa shape index (κ3) is 1.22. The lowest BCUT2D eigenvalue weighted by Gasteiger charge is -2.14. The highest BCUT2D eigenvalue weighted by Crippen LogP contribution is 2.52. The predicted octanol–water partition coefficient (Wildman–Crippen LogP) is 1.94. The minimum Gasteiger partial charge on any atom is -0.379 e. The number of aryl methyl sites for hydroxylation is 2. The van der Waals surface area contributed by atoms with E-state index in [-0.39, 0.29) is 0 Å². The Labute approximate surface area is 84.5 Å². The molecule has 2 aliphatic carbocycles. The second kappa shape index (κ2) is 2.75. The molecule has 1 aromatic heterocycles. The third-order valence-electron chi connectivity index (χ3n) is 3.70. The maximum atomic E-state index is 4.35. The van der Waals surface area contributed by atoms with E-state index in [9.17, 15) is 0 Å². The van der Waals surface area contributed by atoms with Crippen molar-refractivity contribution in [3.05, 3.63) is 11.9 Å². The predicted molar refractivity (Wildman–Crippen MR) is 56.2 cm³/mol. The summed E-state index contributed by atoms with van der Waals surface area (Å²) in [6, 6.07) is 0.725. The van der Waals surface area contributed by atoms with Crippen molar-refractivity contribution in [2.24, 2.45) is 18.9 Å². The van der Waals surface area contributed by atoms with Crippen LogP contribution in [0.4, 0.5) is 5.69 Å². The van der Waals surface area contributed by atoms with Crippen LogP contribution in [0, 0.1) is 18.8 Å². The molecule has 3 nitrogen and oxygen atoms in total. The fraction of sp³-hybridized carbons (Fsp3) is 0.727. The maximum Gasteiger partial charge on any atom is 0.0825 e. The molecule has 2 fully saturated rings. The molecule has 0 aliphatic heterocycles. The van der Waals surface area contributed by atoms with Crippen molar-refractivity contribution in [1.29, 1.82) is 0 Å². The third-order valence-corrected chi connectivity index (χ3v) is 3.70. The fourth-order valence-electron chi connectivity index (χ4n) is 2.82. The Balaban J connectivity index is 1.74. The van der Waals surface area contributed by atoms with Crippen LogP contribution in [0.1, 0.15) is 25.0 Å². The summed E-state index contributed by atoms with van der Waals surface area (Å²) in [5, 5.41) is 7.98. The lowest BCUT2D eigenvalue weighted by molar-refractivity contribution is 0.654. The maximum absolute atomic E-state index is 4.35. The highest BCUT2D eigenvalue weighted by atomic mass is 15.3. The Bertz CT molecular complexity index is 355. The van der Waals surface area contributed by atoms with Gasteiger partial charge in [-0.15, -0.1) is 0 Å². The highest BCUT2D eigenvalue weighted by Gasteiger charge is 2.48. The summed E-state index contributed by atoms with van der Waals surface area (Å²) in [5.74, 6) is 2.01. The molecule has 1 N–H and O–H groups in total. The average molecular weight is 191 g/mol. The normalized spacial score (nSPS) is 34.3. The summed E-state index contributed by atoms with van der Waals surface area (Å²) in [4.78, 5) is 0. The number of nitrogens with zero attached hydrogens (tertiary/aromatic N) is 2. The van der Waals surface area contributed by atoms with Crippen molar-refractivity contribution in [2.75, 3.05) is 5.32 Å². The number of fused-ring (bicyclic) bond motifs is 1. The Morgan fingerprint density at radius 1 is 1.50 bits per heavy atom. The molecule has 1 aromatic rings. The van der Waals surface area contributed by atoms with E-state index in [0.29, 0.717) is 0 Å². The van der Waals surface area contributed by atoms with Crippen LogP contribution >= 0.6 is 0 Å². The largest absolute Gasteiger partial charge is 0.379 e. The Morgan fingerprint density at radius 3 is 2.86 bits per heavy atom. The molecular weight excluding hydrogens is 174 g/mol. The van der Waals surface area contributed by atoms with Crippen LogP contribution < -0.4 is 5.32 Å². The molecule has 3 atom stereocenters. The number of hydrogen-bond donors (Lipinski definition) is 1. The number of anilines is 1. The van der Waals surface area contributed by atoms with E-state index < -0.39 is 0 Å². The lowest BCUT2D eigenvalue weighted by atomic mass is 10.1. The van der Waals surface area contributed by atoms with E-state index in [2.05, 4.69) is 23.5 Å². The summed E-state index contributed by atoms with van der Waals surface area (Å²) in [6.45, 7) is 2.07. The Hall–Kier alpha value is -0.990. The molecule has 0 amide bonds. The van der Waals surface area contributed by atoms with Crippen LogP contribution in [0.5, 0.6) is 0 Å². The first kappa shape index (κ1) is 8.33. The zero-order valence-corrected chi connectivity index (χ0v) is 8.83. The molecule has 2 aliphatic rings. The van der Waals surface area contributed by atoms with E-state index in [1.54, 1.807) is 0 Å². The van der Waals surface area contributed by atoms with Crippen molar-refractivity contribution in [1.82, 2.24) is 9.78 Å². The Morgan fingerprint density at radius 2 is 2.36 bits per heavy atom. The molecule has 1 unspecified atom stereocenters. The van der Waals surface area contributed by atoms with Gasteiger partial charge in [0, 0.05) is 19.3 Å². The molecular formula is C11H17N3. The van der Waals surface area contributed by atoms with Gasteiger partial charge >= 0.3 is 0 Å². The van der Waals surface area contributed by atoms with Crippen LogP contribution in [0.15, 0.2) is 6.20 Å². The van der Waals surface area contributed by atoms with E-state index >= 15 is 0 Å². The van der Waals surface area contributed by atoms with Gasteiger partial charge in [-0.3, -0.25) is 4.68 Å². The van der Waals surface area contributed by atoms with E-state index in [0.717, 1.165) is 23.6 Å². The quantitative estimate of drug-likeness (QED) is 0.774. The van der Waals surface area contributed by atoms with Crippen molar-refractivity contribution in [3.63, 3.8) is 0 Å². The van der Waals surface area contributed by atoms with Gasteiger partial charge < -0.3 is 5.32 Å². The lowest BCUT2D eigenvalue weighted by Crippen LogP contribution is -2.18. The van der Waals surface area contributed by atoms with Crippen molar-refractivity contribution in [3.8, 4) is 0 Å². The van der Waals surface area contributed by atoms with Crippen molar-refractivity contribution < 1.29 is 0 Å². The van der Waals surface area contributed by atoms with Crippen LogP contribution in [0.25, 0.3) is 0 Å². The minimum absolute atomic E-state index is 0.725. The fourth-order valence-corrected chi connectivity index (χ4v) is 2.82. The van der Waals surface area contributed by atoms with E-state index in [1.165, 1.54) is 24.9 Å². The first-order chi connectivity index (χ1) is 6.74. The molecule has 2 saturated carbocycles. The van der Waals surface area contributed by atoms with Crippen LogP contribution in [-0.4, -0.2) is 15.8 Å². The van der Waals surface area contributed by atoms with Gasteiger partial charge in [0.1, 0.15) is 0 Å². The van der Waals surface area contributed by atoms with Gasteiger partial charge in [-0.1, -0.05) is 0 Å². The number of hydrogen-bond acceptors (Lipinski definition) is 2. The summed E-state index contributed by atoms with van der Waals surface area (Å²) < 4.78 is 1.89. The Kier molecular flexibility index (Phi) is 1.64. The standard InChI is InChI=1S/C11H17N3/c1-7-11(6-14(2)13-7)12-10-4-3-8-5-9(8)10/h6,8-10,12H,3-5H2,1-2H3/t8-,9+,10?/m1/s1. The summed E-state index contributed by atoms with van der Waals surface area (Å²) in [6.07, 6.45) is 6.33. The van der Waals surface area contributed by atoms with Gasteiger partial charge in [0.15, 0.2) is 0 Å². The molecule has 14 heavy (non-hydrogen) atoms. The molecule has 0 saturated heterocycles. The van der Waals surface area contributed by atoms with Crippen LogP contribution in [-0.2, 0) is 7.05 Å². The minimum atomic E-state index is 0.725. The molecule has 0 aromatic carbocycles. The van der Waals surface area contributed by atoms with Gasteiger partial charge in [0.2, 0.25) is 0 Å². The number of aromatic nitrogens is 2. The summed E-state index contributed by atoms with van der Waals surface area (Å²) in [7, 11) is 1.98. The van der Waals surface area contributed by atoms with Gasteiger partial charge in [0.05, 0.1) is 11.4 Å². The first-order valence-electron chi connectivity index (χ1n) is 5.51. The number of rotatable bonds is 2. The molecule has 0 spiro atoms. The van der Waals surface area contributed by atoms with Gasteiger partial charge in [-0.25, -0.2) is 0 Å². The second-order valence-electron chi connectivity index (χ2n) is 4.79. The molecule has 1 heterocycles. The van der Waals surface area contributed by atoms with Gasteiger partial charge in [-0.2, -0.15) is 5.10 Å². The van der Waals surface area contributed by atoms with Crippen LogP contribution in [0.3, 0.4) is 0 Å². The monoisotopic (exact) mass is 191 g/mol. The van der Waals surface area contributed by atoms with Crippen molar-refractivity contribution in [2.45, 2.75) is 32.2 Å². The molecule has 3 rings (SSSR count). The summed E-state index contributed by atoms with van der Waals surface area (Å²) in [5.41, 5.74) is 2.35. The topological polar surface area (TPSA) is 29.9 Å². The van der Waals surface area contributed by atoms with Crippen molar-refractivity contribution >= 4 is 5.69 Å². The number of nitrogens with one attached hydrogen (secondary N) is 1. The molecule has 3 heteroatoms. The van der Waals surface area contributed by atoms with Gasteiger partial charge in [-0.05, 0) is 38.0 Å². The SMILES string of the molecule is Cc1nn(C)cc1NC1CC[C@@H]2C[C@H]12. The highest BCUT2D eigenvalue weighted by molar-refractivity contribution is 5.47. The second-order valence-corrected chi connectivity index (χ2v) is 4.79. The summed E-state index contributed by atoms with van der Waals surface area (Å²) >= 11 is 0. The van der Waals surface area contributed by atoms with Crippen LogP contribution in [0.2, 0.25) is 0 Å². The zero-order chi connectivity index (χ0) is 9.71. The average Bonchev–Trinajstić information content (AvgIpc) is 2.72. The first-order valence-corrected chi connectivity index (χ1v) is 5.51. The van der Waals surface area contributed by atoms with E-state index in [1.807, 2.05) is 11.7 Å². The molecule has 0 radical (unpaired) electrons. The molecule has 76 valence electrons. The smallest absolute Gasteiger partial charge is 0.0825 e. The van der Waals surface area contributed by atoms with E-state index in [4.69, 9.17) is 0 Å².